The van der Waals surface area contributed by atoms with Crippen LogP contribution in [0.5, 0.6) is 5.75 Å². The third-order valence-electron chi connectivity index (χ3n) is 5.36. The molecule has 3 rings (SSSR count). The van der Waals surface area contributed by atoms with Crippen LogP contribution in [0.15, 0.2) is 48.5 Å². The number of rotatable bonds is 8. The van der Waals surface area contributed by atoms with E-state index >= 15 is 0 Å². The Hall–Kier alpha value is -2.33. The van der Waals surface area contributed by atoms with Crippen molar-refractivity contribution >= 4 is 5.91 Å². The quantitative estimate of drug-likeness (QED) is 0.741. The van der Waals surface area contributed by atoms with E-state index in [4.69, 9.17) is 4.74 Å². The predicted molar refractivity (Wildman–Crippen MR) is 113 cm³/mol. The summed E-state index contributed by atoms with van der Waals surface area (Å²) in [5.74, 6) is 0.917. The Morgan fingerprint density at radius 3 is 2.46 bits per heavy atom. The SMILES string of the molecule is COc1cccc(CCC(=O)NCc2cccc(CN3CCCCCC3)c2)c1. The summed E-state index contributed by atoms with van der Waals surface area (Å²) < 4.78 is 5.24. The Balaban J connectivity index is 1.45. The van der Waals surface area contributed by atoms with Crippen LogP contribution in [0.4, 0.5) is 0 Å². The van der Waals surface area contributed by atoms with E-state index in [1.54, 1.807) is 7.11 Å². The first-order valence-corrected chi connectivity index (χ1v) is 10.4. The van der Waals surface area contributed by atoms with Gasteiger partial charge in [0.1, 0.15) is 5.75 Å². The van der Waals surface area contributed by atoms with E-state index in [-0.39, 0.29) is 5.91 Å². The lowest BCUT2D eigenvalue weighted by atomic mass is 10.1. The number of ether oxygens (including phenoxy) is 1. The Labute approximate surface area is 168 Å². The number of amides is 1. The molecule has 150 valence electrons. The number of benzene rings is 2. The number of aryl methyl sites for hydroxylation is 1. The minimum atomic E-state index is 0.0840. The number of hydrogen-bond donors (Lipinski definition) is 1. The van der Waals surface area contributed by atoms with E-state index in [1.807, 2.05) is 24.3 Å². The summed E-state index contributed by atoms with van der Waals surface area (Å²) in [6, 6.07) is 16.5. The van der Waals surface area contributed by atoms with Crippen LogP contribution in [-0.4, -0.2) is 31.0 Å². The number of carbonyl (C=O) groups is 1. The van der Waals surface area contributed by atoms with Gasteiger partial charge < -0.3 is 10.1 Å². The van der Waals surface area contributed by atoms with Gasteiger partial charge in [0.25, 0.3) is 0 Å². The second kappa shape index (κ2) is 10.9. The van der Waals surface area contributed by atoms with Crippen molar-refractivity contribution in [3.05, 3.63) is 65.2 Å². The van der Waals surface area contributed by atoms with Gasteiger partial charge in [-0.15, -0.1) is 0 Å². The molecular weight excluding hydrogens is 348 g/mol. The fourth-order valence-electron chi connectivity index (χ4n) is 3.77. The van der Waals surface area contributed by atoms with Crippen molar-refractivity contribution in [2.24, 2.45) is 0 Å². The molecule has 1 aliphatic rings. The van der Waals surface area contributed by atoms with E-state index in [0.717, 1.165) is 24.3 Å². The molecule has 1 N–H and O–H groups in total. The van der Waals surface area contributed by atoms with Gasteiger partial charge in [-0.3, -0.25) is 9.69 Å². The zero-order chi connectivity index (χ0) is 19.6. The first-order chi connectivity index (χ1) is 13.7. The summed E-state index contributed by atoms with van der Waals surface area (Å²) >= 11 is 0. The average molecular weight is 381 g/mol. The van der Waals surface area contributed by atoms with E-state index in [0.29, 0.717) is 13.0 Å². The molecule has 1 heterocycles. The molecule has 0 spiro atoms. The van der Waals surface area contributed by atoms with Crippen molar-refractivity contribution in [2.45, 2.75) is 51.6 Å². The Bertz CT molecular complexity index is 752. The molecule has 0 radical (unpaired) electrons. The third kappa shape index (κ3) is 6.68. The first-order valence-electron chi connectivity index (χ1n) is 10.4. The minimum absolute atomic E-state index is 0.0840. The summed E-state index contributed by atoms with van der Waals surface area (Å²) in [5, 5.41) is 3.05. The summed E-state index contributed by atoms with van der Waals surface area (Å²) in [6.45, 7) is 4.00. The largest absolute Gasteiger partial charge is 0.497 e. The molecule has 0 unspecified atom stereocenters. The second-order valence-corrected chi connectivity index (χ2v) is 7.64. The zero-order valence-corrected chi connectivity index (χ0v) is 17.0. The maximum Gasteiger partial charge on any atom is 0.220 e. The molecule has 2 aromatic carbocycles. The van der Waals surface area contributed by atoms with Crippen LogP contribution < -0.4 is 10.1 Å². The lowest BCUT2D eigenvalue weighted by molar-refractivity contribution is -0.121. The molecule has 28 heavy (non-hydrogen) atoms. The molecule has 4 heteroatoms. The second-order valence-electron chi connectivity index (χ2n) is 7.64. The van der Waals surface area contributed by atoms with E-state index in [1.165, 1.54) is 49.9 Å². The van der Waals surface area contributed by atoms with Gasteiger partial charge in [0.05, 0.1) is 7.11 Å². The predicted octanol–water partition coefficient (Wildman–Crippen LogP) is 4.32. The molecule has 1 fully saturated rings. The molecule has 4 nitrogen and oxygen atoms in total. The van der Waals surface area contributed by atoms with Crippen LogP contribution in [-0.2, 0) is 24.3 Å². The van der Waals surface area contributed by atoms with E-state index in [2.05, 4.69) is 34.5 Å². The van der Waals surface area contributed by atoms with Crippen LogP contribution in [0, 0.1) is 0 Å². The molecule has 0 bridgehead atoms. The van der Waals surface area contributed by atoms with Gasteiger partial charge in [0, 0.05) is 19.5 Å². The monoisotopic (exact) mass is 380 g/mol. The van der Waals surface area contributed by atoms with Gasteiger partial charge in [-0.1, -0.05) is 49.2 Å². The molecule has 0 aromatic heterocycles. The van der Waals surface area contributed by atoms with Crippen molar-refractivity contribution in [3.63, 3.8) is 0 Å². The van der Waals surface area contributed by atoms with E-state index < -0.39 is 0 Å². The van der Waals surface area contributed by atoms with Gasteiger partial charge >= 0.3 is 0 Å². The summed E-state index contributed by atoms with van der Waals surface area (Å²) in [6.07, 6.45) is 6.54. The van der Waals surface area contributed by atoms with Gasteiger partial charge in [0.2, 0.25) is 5.91 Å². The number of carbonyl (C=O) groups excluding carboxylic acids is 1. The highest BCUT2D eigenvalue weighted by Crippen LogP contribution is 2.15. The Morgan fingerprint density at radius 2 is 1.68 bits per heavy atom. The number of hydrogen-bond acceptors (Lipinski definition) is 3. The maximum atomic E-state index is 12.2. The molecular formula is C24H32N2O2. The summed E-state index contributed by atoms with van der Waals surface area (Å²) in [4.78, 5) is 14.8. The number of likely N-dealkylation sites (tertiary alicyclic amines) is 1. The van der Waals surface area contributed by atoms with E-state index in [9.17, 15) is 4.79 Å². The lowest BCUT2D eigenvalue weighted by Gasteiger charge is -2.20. The van der Waals surface area contributed by atoms with Crippen LogP contribution in [0.25, 0.3) is 0 Å². The van der Waals surface area contributed by atoms with Crippen molar-refractivity contribution < 1.29 is 9.53 Å². The van der Waals surface area contributed by atoms with Gasteiger partial charge in [-0.25, -0.2) is 0 Å². The molecule has 2 aromatic rings. The normalized spacial score (nSPS) is 15.0. The van der Waals surface area contributed by atoms with Crippen LogP contribution >= 0.6 is 0 Å². The maximum absolute atomic E-state index is 12.2. The Morgan fingerprint density at radius 1 is 0.964 bits per heavy atom. The smallest absolute Gasteiger partial charge is 0.220 e. The highest BCUT2D eigenvalue weighted by molar-refractivity contribution is 5.76. The van der Waals surface area contributed by atoms with Crippen LogP contribution in [0.3, 0.4) is 0 Å². The highest BCUT2D eigenvalue weighted by Gasteiger charge is 2.10. The zero-order valence-electron chi connectivity index (χ0n) is 17.0. The first kappa shape index (κ1) is 20.4. The van der Waals surface area contributed by atoms with Gasteiger partial charge in [-0.2, -0.15) is 0 Å². The van der Waals surface area contributed by atoms with Crippen molar-refractivity contribution in [2.75, 3.05) is 20.2 Å². The molecule has 1 aliphatic heterocycles. The minimum Gasteiger partial charge on any atom is -0.497 e. The van der Waals surface area contributed by atoms with Crippen LogP contribution in [0.1, 0.15) is 48.8 Å². The number of methoxy groups -OCH3 is 1. The molecule has 0 saturated carbocycles. The number of nitrogens with zero attached hydrogens (tertiary/aromatic N) is 1. The fourth-order valence-corrected chi connectivity index (χ4v) is 3.77. The highest BCUT2D eigenvalue weighted by atomic mass is 16.5. The Kier molecular flexibility index (Phi) is 7.92. The van der Waals surface area contributed by atoms with Crippen molar-refractivity contribution in [1.82, 2.24) is 10.2 Å². The van der Waals surface area contributed by atoms with Crippen LogP contribution in [0.2, 0.25) is 0 Å². The molecule has 0 atom stereocenters. The summed E-state index contributed by atoms with van der Waals surface area (Å²) in [7, 11) is 1.66. The topological polar surface area (TPSA) is 41.6 Å². The fraction of sp³-hybridized carbons (Fsp3) is 0.458. The molecule has 1 saturated heterocycles. The van der Waals surface area contributed by atoms with Crippen molar-refractivity contribution in [3.8, 4) is 5.75 Å². The number of nitrogens with one attached hydrogen (secondary N) is 1. The van der Waals surface area contributed by atoms with Gasteiger partial charge in [0.15, 0.2) is 0 Å². The summed E-state index contributed by atoms with van der Waals surface area (Å²) in [5.41, 5.74) is 3.63. The average Bonchev–Trinajstić information content (AvgIpc) is 3.00. The third-order valence-corrected chi connectivity index (χ3v) is 5.36. The molecule has 1 amide bonds. The van der Waals surface area contributed by atoms with Crippen molar-refractivity contribution in [1.29, 1.82) is 0 Å². The standard InChI is InChI=1S/C24H32N2O2/c1-28-23-11-7-8-20(17-23)12-13-24(27)25-18-21-9-6-10-22(16-21)19-26-14-4-2-3-5-15-26/h6-11,16-17H,2-5,12-15,18-19H2,1H3,(H,25,27). The van der Waals surface area contributed by atoms with Gasteiger partial charge in [-0.05, 0) is 61.2 Å². The lowest BCUT2D eigenvalue weighted by Crippen LogP contribution is -2.24. The molecule has 0 aliphatic carbocycles.